The Bertz CT molecular complexity index is 492. The number of methoxy groups -OCH3 is 1. The molecule has 0 saturated heterocycles. The van der Waals surface area contributed by atoms with Crippen molar-refractivity contribution < 1.29 is 9.84 Å². The van der Waals surface area contributed by atoms with Gasteiger partial charge in [-0.3, -0.25) is 0 Å². The number of hydrogen-bond donors (Lipinski definition) is 2. The highest BCUT2D eigenvalue weighted by Crippen LogP contribution is 2.51. The highest BCUT2D eigenvalue weighted by molar-refractivity contribution is 9.10. The molecule has 0 bridgehead atoms. The summed E-state index contributed by atoms with van der Waals surface area (Å²) in [5.41, 5.74) is 7.07. The van der Waals surface area contributed by atoms with Crippen LogP contribution in [0.4, 0.5) is 0 Å². The molecule has 0 amide bonds. The molecule has 0 heterocycles. The molecule has 1 saturated carbocycles. The largest absolute Gasteiger partial charge is 0.497 e. The molecular formula is C17H26BrNO2. The Morgan fingerprint density at radius 3 is 2.43 bits per heavy atom. The van der Waals surface area contributed by atoms with E-state index in [2.05, 4.69) is 29.8 Å². The second kappa shape index (κ2) is 6.27. The van der Waals surface area contributed by atoms with Gasteiger partial charge in [0.2, 0.25) is 0 Å². The number of halogens is 1. The van der Waals surface area contributed by atoms with Gasteiger partial charge in [-0.05, 0) is 54.9 Å². The lowest BCUT2D eigenvalue weighted by Gasteiger charge is -2.46. The molecule has 3 N–H and O–H groups in total. The highest BCUT2D eigenvalue weighted by Gasteiger charge is 2.43. The van der Waals surface area contributed by atoms with E-state index in [1.54, 1.807) is 7.11 Å². The van der Waals surface area contributed by atoms with Gasteiger partial charge in [0.05, 0.1) is 13.2 Å². The van der Waals surface area contributed by atoms with Crippen LogP contribution in [0.2, 0.25) is 0 Å². The van der Waals surface area contributed by atoms with Crippen molar-refractivity contribution in [2.24, 2.45) is 16.6 Å². The molecule has 0 radical (unpaired) electrons. The maximum atomic E-state index is 11.0. The first-order chi connectivity index (χ1) is 9.83. The molecule has 1 aliphatic rings. The first kappa shape index (κ1) is 16.8. The maximum absolute atomic E-state index is 11.0. The quantitative estimate of drug-likeness (QED) is 0.856. The van der Waals surface area contributed by atoms with E-state index in [1.807, 2.05) is 18.2 Å². The van der Waals surface area contributed by atoms with E-state index in [4.69, 9.17) is 10.5 Å². The van der Waals surface area contributed by atoms with Gasteiger partial charge in [-0.25, -0.2) is 0 Å². The minimum absolute atomic E-state index is 0.232. The average Bonchev–Trinajstić information content (AvgIpc) is 2.48. The third-order valence-corrected chi connectivity index (χ3v) is 5.81. The minimum Gasteiger partial charge on any atom is -0.497 e. The maximum Gasteiger partial charge on any atom is 0.119 e. The summed E-state index contributed by atoms with van der Waals surface area (Å²) in [6.07, 6.45) is 3.55. The molecule has 1 fully saturated rings. The normalized spacial score (nSPS) is 21.8. The lowest BCUT2D eigenvalue weighted by Crippen LogP contribution is -2.42. The van der Waals surface area contributed by atoms with Gasteiger partial charge < -0.3 is 15.6 Å². The van der Waals surface area contributed by atoms with Gasteiger partial charge in [0, 0.05) is 16.4 Å². The zero-order chi connectivity index (χ0) is 15.7. The predicted octanol–water partition coefficient (Wildman–Crippen LogP) is 4.04. The molecule has 0 aliphatic heterocycles. The van der Waals surface area contributed by atoms with Crippen LogP contribution in [0.25, 0.3) is 0 Å². The number of ether oxygens (including phenoxy) is 1. The van der Waals surface area contributed by atoms with Crippen LogP contribution in [0.3, 0.4) is 0 Å². The monoisotopic (exact) mass is 355 g/mol. The summed E-state index contributed by atoms with van der Waals surface area (Å²) >= 11 is 3.55. The van der Waals surface area contributed by atoms with E-state index in [1.165, 1.54) is 0 Å². The van der Waals surface area contributed by atoms with Gasteiger partial charge >= 0.3 is 0 Å². The summed E-state index contributed by atoms with van der Waals surface area (Å²) in [6.45, 7) is 5.09. The van der Waals surface area contributed by atoms with Crippen molar-refractivity contribution in [3.05, 3.63) is 28.2 Å². The number of aliphatic hydroxyl groups excluding tert-OH is 1. The van der Waals surface area contributed by atoms with Crippen LogP contribution in [0.1, 0.15) is 51.2 Å². The van der Waals surface area contributed by atoms with Crippen LogP contribution in [-0.2, 0) is 0 Å². The molecule has 1 aromatic carbocycles. The van der Waals surface area contributed by atoms with Crippen LogP contribution in [-0.4, -0.2) is 18.8 Å². The first-order valence-electron chi connectivity index (χ1n) is 7.55. The molecule has 1 aromatic rings. The van der Waals surface area contributed by atoms with Crippen molar-refractivity contribution in [1.29, 1.82) is 0 Å². The molecular weight excluding hydrogens is 330 g/mol. The smallest absolute Gasteiger partial charge is 0.119 e. The Balaban J connectivity index is 2.30. The molecule has 118 valence electrons. The fraction of sp³-hybridized carbons (Fsp3) is 0.647. The third-order valence-electron chi connectivity index (χ3n) is 5.08. The van der Waals surface area contributed by atoms with Gasteiger partial charge in [-0.1, -0.05) is 29.8 Å². The second-order valence-corrected chi connectivity index (χ2v) is 7.88. The van der Waals surface area contributed by atoms with Crippen LogP contribution in [0, 0.1) is 10.8 Å². The Morgan fingerprint density at radius 2 is 1.90 bits per heavy atom. The van der Waals surface area contributed by atoms with Crippen LogP contribution >= 0.6 is 15.9 Å². The second-order valence-electron chi connectivity index (χ2n) is 7.02. The molecule has 1 unspecified atom stereocenters. The van der Waals surface area contributed by atoms with Gasteiger partial charge in [0.1, 0.15) is 5.75 Å². The van der Waals surface area contributed by atoms with Crippen molar-refractivity contribution in [3.63, 3.8) is 0 Å². The van der Waals surface area contributed by atoms with Gasteiger partial charge in [-0.2, -0.15) is 0 Å². The topological polar surface area (TPSA) is 55.5 Å². The van der Waals surface area contributed by atoms with Crippen LogP contribution in [0.5, 0.6) is 5.75 Å². The molecule has 21 heavy (non-hydrogen) atoms. The predicted molar refractivity (Wildman–Crippen MR) is 89.4 cm³/mol. The van der Waals surface area contributed by atoms with E-state index in [0.717, 1.165) is 41.5 Å². The van der Waals surface area contributed by atoms with Gasteiger partial charge in [0.25, 0.3) is 0 Å². The van der Waals surface area contributed by atoms with Crippen molar-refractivity contribution >= 4 is 15.9 Å². The Morgan fingerprint density at radius 1 is 1.29 bits per heavy atom. The molecule has 1 aliphatic carbocycles. The molecule has 4 heteroatoms. The molecule has 0 aromatic heterocycles. The van der Waals surface area contributed by atoms with Crippen molar-refractivity contribution in [2.75, 3.05) is 13.7 Å². The zero-order valence-electron chi connectivity index (χ0n) is 13.2. The van der Waals surface area contributed by atoms with Crippen molar-refractivity contribution in [1.82, 2.24) is 0 Å². The number of aliphatic hydroxyl groups is 1. The van der Waals surface area contributed by atoms with Crippen molar-refractivity contribution in [3.8, 4) is 5.75 Å². The Hall–Kier alpha value is -0.580. The molecule has 0 spiro atoms. The number of nitrogens with two attached hydrogens (primary N) is 1. The summed E-state index contributed by atoms with van der Waals surface area (Å²) in [4.78, 5) is 0. The SMILES string of the molecule is COc1ccc(Br)c(C(O)C2(CN)CCC(C)(C)CC2)c1. The highest BCUT2D eigenvalue weighted by atomic mass is 79.9. The number of benzene rings is 1. The molecule has 2 rings (SSSR count). The summed E-state index contributed by atoms with van der Waals surface area (Å²) in [5.74, 6) is 0.760. The summed E-state index contributed by atoms with van der Waals surface area (Å²) in [6, 6.07) is 5.72. The minimum atomic E-state index is -0.567. The van der Waals surface area contributed by atoms with Gasteiger partial charge in [-0.15, -0.1) is 0 Å². The lowest BCUT2D eigenvalue weighted by atomic mass is 9.62. The first-order valence-corrected chi connectivity index (χ1v) is 8.34. The number of rotatable bonds is 4. The Kier molecular flexibility index (Phi) is 5.01. The standard InChI is InChI=1S/C17H26BrNO2/c1-16(2)6-8-17(11-19,9-7-16)15(20)13-10-12(21-3)4-5-14(13)18/h4-5,10,15,20H,6-9,11,19H2,1-3H3. The van der Waals surface area contributed by atoms with E-state index in [-0.39, 0.29) is 5.41 Å². The van der Waals surface area contributed by atoms with E-state index in [9.17, 15) is 5.11 Å². The molecule has 1 atom stereocenters. The lowest BCUT2D eigenvalue weighted by molar-refractivity contribution is -0.0240. The Labute approximate surface area is 136 Å². The average molecular weight is 356 g/mol. The molecule has 3 nitrogen and oxygen atoms in total. The summed E-state index contributed by atoms with van der Waals surface area (Å²) in [5, 5.41) is 11.0. The van der Waals surface area contributed by atoms with E-state index >= 15 is 0 Å². The van der Waals surface area contributed by atoms with Crippen LogP contribution in [0.15, 0.2) is 22.7 Å². The summed E-state index contributed by atoms with van der Waals surface area (Å²) < 4.78 is 6.19. The third kappa shape index (κ3) is 3.43. The van der Waals surface area contributed by atoms with Crippen molar-refractivity contribution in [2.45, 2.75) is 45.6 Å². The van der Waals surface area contributed by atoms with Gasteiger partial charge in [0.15, 0.2) is 0 Å². The zero-order valence-corrected chi connectivity index (χ0v) is 14.7. The van der Waals surface area contributed by atoms with Crippen LogP contribution < -0.4 is 10.5 Å². The number of hydrogen-bond acceptors (Lipinski definition) is 3. The van der Waals surface area contributed by atoms with E-state index < -0.39 is 6.10 Å². The summed E-state index contributed by atoms with van der Waals surface area (Å²) in [7, 11) is 1.64. The fourth-order valence-corrected chi connectivity index (χ4v) is 3.67. The fourth-order valence-electron chi connectivity index (χ4n) is 3.20. The van der Waals surface area contributed by atoms with E-state index in [0.29, 0.717) is 12.0 Å².